The second kappa shape index (κ2) is 10.6. The Bertz CT molecular complexity index is 461. The average Bonchev–Trinajstić information content (AvgIpc) is 3.07. The van der Waals surface area contributed by atoms with Gasteiger partial charge in [-0.25, -0.2) is 0 Å². The molecule has 1 heterocycles. The largest absolute Gasteiger partial charge is 0.378 e. The first kappa shape index (κ1) is 18.1. The van der Waals surface area contributed by atoms with E-state index in [1.165, 1.54) is 17.7 Å². The van der Waals surface area contributed by atoms with E-state index in [4.69, 9.17) is 9.73 Å². The molecule has 0 aromatic heterocycles. The SMILES string of the molecule is CCNC(=NCC(C)Sc1ccccc1)NCCC1CCCO1. The zero-order valence-corrected chi connectivity index (χ0v) is 15.1. The molecule has 1 aromatic carbocycles. The van der Waals surface area contributed by atoms with Crippen LogP contribution in [0.3, 0.4) is 0 Å². The van der Waals surface area contributed by atoms with Crippen LogP contribution in [0.25, 0.3) is 0 Å². The van der Waals surface area contributed by atoms with Crippen LogP contribution in [0.15, 0.2) is 40.2 Å². The van der Waals surface area contributed by atoms with Gasteiger partial charge in [-0.3, -0.25) is 4.99 Å². The number of thioether (sulfide) groups is 1. The van der Waals surface area contributed by atoms with Gasteiger partial charge in [0.1, 0.15) is 0 Å². The van der Waals surface area contributed by atoms with Crippen LogP contribution in [0.5, 0.6) is 0 Å². The van der Waals surface area contributed by atoms with Gasteiger partial charge in [-0.2, -0.15) is 0 Å². The van der Waals surface area contributed by atoms with E-state index in [-0.39, 0.29) is 0 Å². The first-order valence-electron chi connectivity index (χ1n) is 8.63. The lowest BCUT2D eigenvalue weighted by Crippen LogP contribution is -2.39. The molecule has 2 atom stereocenters. The first-order chi connectivity index (χ1) is 11.3. The molecule has 5 heteroatoms. The summed E-state index contributed by atoms with van der Waals surface area (Å²) in [6, 6.07) is 10.5. The van der Waals surface area contributed by atoms with Gasteiger partial charge in [0.05, 0.1) is 12.6 Å². The van der Waals surface area contributed by atoms with Crippen LogP contribution in [0.2, 0.25) is 0 Å². The molecule has 1 fully saturated rings. The minimum absolute atomic E-state index is 0.429. The fraction of sp³-hybridized carbons (Fsp3) is 0.611. The number of ether oxygens (including phenoxy) is 1. The van der Waals surface area contributed by atoms with E-state index in [0.717, 1.165) is 38.6 Å². The minimum atomic E-state index is 0.429. The molecule has 0 saturated carbocycles. The molecule has 0 spiro atoms. The number of hydrogen-bond donors (Lipinski definition) is 2. The summed E-state index contributed by atoms with van der Waals surface area (Å²) in [6.07, 6.45) is 3.88. The van der Waals surface area contributed by atoms with E-state index in [2.05, 4.69) is 48.7 Å². The predicted octanol–water partition coefficient (Wildman–Crippen LogP) is 3.29. The van der Waals surface area contributed by atoms with Gasteiger partial charge in [-0.1, -0.05) is 25.1 Å². The van der Waals surface area contributed by atoms with E-state index < -0.39 is 0 Å². The summed E-state index contributed by atoms with van der Waals surface area (Å²) in [6.45, 7) is 7.83. The highest BCUT2D eigenvalue weighted by atomic mass is 32.2. The fourth-order valence-electron chi connectivity index (χ4n) is 2.55. The molecule has 23 heavy (non-hydrogen) atoms. The van der Waals surface area contributed by atoms with Gasteiger partial charge >= 0.3 is 0 Å². The van der Waals surface area contributed by atoms with Gasteiger partial charge in [-0.15, -0.1) is 11.8 Å². The van der Waals surface area contributed by atoms with E-state index >= 15 is 0 Å². The summed E-state index contributed by atoms with van der Waals surface area (Å²) in [5.41, 5.74) is 0. The maximum atomic E-state index is 5.66. The van der Waals surface area contributed by atoms with Crippen LogP contribution < -0.4 is 10.6 Å². The minimum Gasteiger partial charge on any atom is -0.378 e. The molecule has 0 radical (unpaired) electrons. The lowest BCUT2D eigenvalue weighted by molar-refractivity contribution is 0.105. The number of aliphatic imine (C=N–C) groups is 1. The zero-order chi connectivity index (χ0) is 16.3. The predicted molar refractivity (Wildman–Crippen MR) is 99.3 cm³/mol. The van der Waals surface area contributed by atoms with Crippen LogP contribution in [-0.4, -0.2) is 43.6 Å². The third-order valence-corrected chi connectivity index (χ3v) is 4.81. The van der Waals surface area contributed by atoms with E-state index in [0.29, 0.717) is 11.4 Å². The highest BCUT2D eigenvalue weighted by Gasteiger charge is 2.14. The number of guanidine groups is 1. The van der Waals surface area contributed by atoms with Gasteiger partial charge in [0.2, 0.25) is 0 Å². The number of rotatable bonds is 8. The number of nitrogens with one attached hydrogen (secondary N) is 2. The Balaban J connectivity index is 1.73. The molecule has 1 saturated heterocycles. The van der Waals surface area contributed by atoms with Gasteiger partial charge in [0.15, 0.2) is 5.96 Å². The maximum Gasteiger partial charge on any atom is 0.191 e. The van der Waals surface area contributed by atoms with Gasteiger partial charge in [-0.05, 0) is 38.3 Å². The monoisotopic (exact) mass is 335 g/mol. The van der Waals surface area contributed by atoms with Crippen molar-refractivity contribution in [3.63, 3.8) is 0 Å². The van der Waals surface area contributed by atoms with E-state index in [1.54, 1.807) is 0 Å². The highest BCUT2D eigenvalue weighted by Crippen LogP contribution is 2.22. The van der Waals surface area contributed by atoms with Crippen LogP contribution in [0.4, 0.5) is 0 Å². The molecule has 2 rings (SSSR count). The van der Waals surface area contributed by atoms with Crippen LogP contribution >= 0.6 is 11.8 Å². The number of hydrogen-bond acceptors (Lipinski definition) is 3. The Morgan fingerprint density at radius 1 is 1.35 bits per heavy atom. The molecule has 128 valence electrons. The molecular formula is C18H29N3OS. The summed E-state index contributed by atoms with van der Waals surface area (Å²) >= 11 is 1.87. The third kappa shape index (κ3) is 7.27. The number of nitrogens with zero attached hydrogens (tertiary/aromatic N) is 1. The molecule has 0 aliphatic carbocycles. The van der Waals surface area contributed by atoms with Crippen molar-refractivity contribution < 1.29 is 4.74 Å². The smallest absolute Gasteiger partial charge is 0.191 e. The van der Waals surface area contributed by atoms with E-state index in [1.807, 2.05) is 17.8 Å². The van der Waals surface area contributed by atoms with Crippen molar-refractivity contribution in [2.75, 3.05) is 26.2 Å². The summed E-state index contributed by atoms with van der Waals surface area (Å²) in [5.74, 6) is 0.908. The fourth-order valence-corrected chi connectivity index (χ4v) is 3.48. The Labute approximate surface area is 144 Å². The van der Waals surface area contributed by atoms with Crippen LogP contribution in [0, 0.1) is 0 Å². The van der Waals surface area contributed by atoms with Crippen molar-refractivity contribution in [1.82, 2.24) is 10.6 Å². The highest BCUT2D eigenvalue weighted by molar-refractivity contribution is 8.00. The molecule has 4 nitrogen and oxygen atoms in total. The molecule has 0 bridgehead atoms. The van der Waals surface area contributed by atoms with Crippen molar-refractivity contribution in [3.05, 3.63) is 30.3 Å². The summed E-state index contributed by atoms with van der Waals surface area (Å²) in [5, 5.41) is 7.18. The molecule has 2 unspecified atom stereocenters. The maximum absolute atomic E-state index is 5.66. The van der Waals surface area contributed by atoms with Crippen LogP contribution in [0.1, 0.15) is 33.1 Å². The lowest BCUT2D eigenvalue weighted by Gasteiger charge is -2.15. The Morgan fingerprint density at radius 2 is 2.17 bits per heavy atom. The Hall–Kier alpha value is -1.20. The number of benzene rings is 1. The van der Waals surface area contributed by atoms with E-state index in [9.17, 15) is 0 Å². The third-order valence-electron chi connectivity index (χ3n) is 3.71. The van der Waals surface area contributed by atoms with Crippen LogP contribution in [-0.2, 0) is 4.74 Å². The standard InChI is InChI=1S/C18H29N3OS/c1-3-19-18(20-12-11-16-8-7-13-22-16)21-14-15(2)23-17-9-5-4-6-10-17/h4-6,9-10,15-16H,3,7-8,11-14H2,1-2H3,(H2,19,20,21). The van der Waals surface area contributed by atoms with Crippen molar-refractivity contribution in [2.24, 2.45) is 4.99 Å². The molecule has 1 aliphatic rings. The first-order valence-corrected chi connectivity index (χ1v) is 9.51. The second-order valence-corrected chi connectivity index (χ2v) is 7.32. The van der Waals surface area contributed by atoms with Crippen molar-refractivity contribution in [3.8, 4) is 0 Å². The lowest BCUT2D eigenvalue weighted by atomic mass is 10.2. The quantitative estimate of drug-likeness (QED) is 0.435. The van der Waals surface area contributed by atoms with Gasteiger partial charge < -0.3 is 15.4 Å². The molecular weight excluding hydrogens is 306 g/mol. The second-order valence-electron chi connectivity index (χ2n) is 5.81. The Kier molecular flexibility index (Phi) is 8.32. The van der Waals surface area contributed by atoms with Crippen molar-refractivity contribution >= 4 is 17.7 Å². The molecule has 2 N–H and O–H groups in total. The summed E-state index contributed by atoms with van der Waals surface area (Å²) < 4.78 is 5.66. The van der Waals surface area contributed by atoms with Gasteiger partial charge in [0, 0.05) is 29.8 Å². The molecule has 0 amide bonds. The van der Waals surface area contributed by atoms with Crippen molar-refractivity contribution in [2.45, 2.75) is 49.4 Å². The average molecular weight is 336 g/mol. The topological polar surface area (TPSA) is 45.7 Å². The summed E-state index contributed by atoms with van der Waals surface area (Å²) in [7, 11) is 0. The van der Waals surface area contributed by atoms with Gasteiger partial charge in [0.25, 0.3) is 0 Å². The normalized spacial score (nSPS) is 19.6. The molecule has 1 aliphatic heterocycles. The zero-order valence-electron chi connectivity index (χ0n) is 14.3. The van der Waals surface area contributed by atoms with Crippen molar-refractivity contribution in [1.29, 1.82) is 0 Å². The molecule has 1 aromatic rings. The Morgan fingerprint density at radius 3 is 2.87 bits per heavy atom. The summed E-state index contributed by atoms with van der Waals surface area (Å²) in [4.78, 5) is 6.00.